The van der Waals surface area contributed by atoms with Gasteiger partial charge in [-0.3, -0.25) is 9.59 Å². The molecule has 31 heavy (non-hydrogen) atoms. The number of carbonyl (C=O) groups is 2. The Morgan fingerprint density at radius 2 is 1.58 bits per heavy atom. The van der Waals surface area contributed by atoms with Crippen molar-refractivity contribution < 1.29 is 24.2 Å². The standard InChI is InChI=1S/C24H36ClNO5/c1-23(2,3)30-21(28)18-16(8-7-9-17(18)26)19(22(29)31-24(4,5)6)20(27)14-10-12-15(25)13-11-14/h10-13,16-20,27H,7-9,26H2,1-6H3/t16-,17+,18+,19-,20+/m0/s1. The van der Waals surface area contributed by atoms with Crippen LogP contribution in [0.1, 0.15) is 72.5 Å². The first-order chi connectivity index (χ1) is 14.2. The Labute approximate surface area is 190 Å². The summed E-state index contributed by atoms with van der Waals surface area (Å²) < 4.78 is 11.3. The van der Waals surface area contributed by atoms with Crippen LogP contribution in [0.4, 0.5) is 0 Å². The van der Waals surface area contributed by atoms with Gasteiger partial charge in [-0.15, -0.1) is 0 Å². The number of ether oxygens (including phenoxy) is 2. The highest BCUT2D eigenvalue weighted by atomic mass is 35.5. The van der Waals surface area contributed by atoms with Gasteiger partial charge in [0.2, 0.25) is 0 Å². The van der Waals surface area contributed by atoms with Crippen molar-refractivity contribution in [2.24, 2.45) is 23.5 Å². The van der Waals surface area contributed by atoms with E-state index in [4.69, 9.17) is 26.8 Å². The number of rotatable bonds is 5. The van der Waals surface area contributed by atoms with Gasteiger partial charge in [0.15, 0.2) is 0 Å². The monoisotopic (exact) mass is 453 g/mol. The van der Waals surface area contributed by atoms with E-state index in [1.165, 1.54) is 0 Å². The highest BCUT2D eigenvalue weighted by Gasteiger charge is 2.48. The second-order valence-electron chi connectivity index (χ2n) is 10.4. The Hall–Kier alpha value is -1.63. The normalized spacial score (nSPS) is 24.2. The van der Waals surface area contributed by atoms with E-state index in [0.29, 0.717) is 23.4 Å². The Balaban J connectivity index is 2.46. The van der Waals surface area contributed by atoms with Crippen LogP contribution in [-0.2, 0) is 19.1 Å². The Morgan fingerprint density at radius 1 is 1.03 bits per heavy atom. The zero-order valence-electron chi connectivity index (χ0n) is 19.4. The lowest BCUT2D eigenvalue weighted by molar-refractivity contribution is -0.175. The molecule has 0 spiro atoms. The summed E-state index contributed by atoms with van der Waals surface area (Å²) in [5.74, 6) is -3.19. The molecule has 1 aromatic carbocycles. The molecule has 0 saturated heterocycles. The number of hydrogen-bond donors (Lipinski definition) is 2. The molecule has 0 aromatic heterocycles. The van der Waals surface area contributed by atoms with Gasteiger partial charge in [0, 0.05) is 11.1 Å². The van der Waals surface area contributed by atoms with Gasteiger partial charge in [-0.25, -0.2) is 0 Å². The summed E-state index contributed by atoms with van der Waals surface area (Å²) in [6, 6.07) is 6.20. The van der Waals surface area contributed by atoms with Crippen molar-refractivity contribution in [3.8, 4) is 0 Å². The maximum atomic E-state index is 13.3. The molecular formula is C24H36ClNO5. The van der Waals surface area contributed by atoms with E-state index in [2.05, 4.69) is 0 Å². The highest BCUT2D eigenvalue weighted by Crippen LogP contribution is 2.42. The summed E-state index contributed by atoms with van der Waals surface area (Å²) in [6.45, 7) is 10.7. The number of aliphatic hydroxyl groups is 1. The van der Waals surface area contributed by atoms with Crippen LogP contribution in [-0.4, -0.2) is 34.3 Å². The lowest BCUT2D eigenvalue weighted by Crippen LogP contribution is -2.50. The molecule has 0 aliphatic heterocycles. The first-order valence-electron chi connectivity index (χ1n) is 10.8. The molecule has 7 heteroatoms. The van der Waals surface area contributed by atoms with Crippen molar-refractivity contribution in [1.29, 1.82) is 0 Å². The zero-order chi connectivity index (χ0) is 23.6. The Kier molecular flexibility index (Phi) is 8.17. The molecule has 1 aromatic rings. The summed E-state index contributed by atoms with van der Waals surface area (Å²) in [6.07, 6.45) is 0.787. The van der Waals surface area contributed by atoms with Crippen molar-refractivity contribution in [1.82, 2.24) is 0 Å². The van der Waals surface area contributed by atoms with Crippen molar-refractivity contribution in [2.75, 3.05) is 0 Å². The molecule has 0 amide bonds. The quantitative estimate of drug-likeness (QED) is 0.640. The smallest absolute Gasteiger partial charge is 0.312 e. The number of aliphatic hydroxyl groups excluding tert-OH is 1. The maximum absolute atomic E-state index is 13.3. The van der Waals surface area contributed by atoms with Crippen molar-refractivity contribution in [2.45, 2.75) is 84.2 Å². The predicted octanol–water partition coefficient (Wildman–Crippen LogP) is 4.42. The van der Waals surface area contributed by atoms with Crippen LogP contribution in [0.25, 0.3) is 0 Å². The van der Waals surface area contributed by atoms with Crippen molar-refractivity contribution >= 4 is 23.5 Å². The molecule has 1 aliphatic rings. The van der Waals surface area contributed by atoms with E-state index < -0.39 is 53.0 Å². The summed E-state index contributed by atoms with van der Waals surface area (Å²) in [5.41, 5.74) is 5.46. The third kappa shape index (κ3) is 7.19. The number of nitrogens with two attached hydrogens (primary N) is 1. The second kappa shape index (κ2) is 9.88. The van der Waals surface area contributed by atoms with Crippen LogP contribution in [0.15, 0.2) is 24.3 Å². The third-order valence-corrected chi connectivity index (χ3v) is 5.62. The Morgan fingerprint density at radius 3 is 2.10 bits per heavy atom. The van der Waals surface area contributed by atoms with E-state index >= 15 is 0 Å². The van der Waals surface area contributed by atoms with Gasteiger partial charge < -0.3 is 20.3 Å². The molecule has 0 heterocycles. The minimum Gasteiger partial charge on any atom is -0.460 e. The molecular weight excluding hydrogens is 418 g/mol. The molecule has 6 nitrogen and oxygen atoms in total. The molecule has 5 atom stereocenters. The van der Waals surface area contributed by atoms with E-state index in [1.807, 2.05) is 0 Å². The minimum atomic E-state index is -1.17. The van der Waals surface area contributed by atoms with Crippen molar-refractivity contribution in [3.63, 3.8) is 0 Å². The Bertz CT molecular complexity index is 766. The first kappa shape index (κ1) is 25.6. The molecule has 2 rings (SSSR count). The van der Waals surface area contributed by atoms with E-state index in [-0.39, 0.29) is 0 Å². The molecule has 1 fully saturated rings. The average Bonchev–Trinajstić information content (AvgIpc) is 2.59. The predicted molar refractivity (Wildman–Crippen MR) is 120 cm³/mol. The summed E-state index contributed by atoms with van der Waals surface area (Å²) in [4.78, 5) is 26.4. The van der Waals surface area contributed by atoms with E-state index in [9.17, 15) is 14.7 Å². The number of hydrogen-bond acceptors (Lipinski definition) is 6. The molecule has 3 N–H and O–H groups in total. The van der Waals surface area contributed by atoms with Gasteiger partial charge in [0.05, 0.1) is 17.9 Å². The average molecular weight is 454 g/mol. The van der Waals surface area contributed by atoms with Crippen LogP contribution in [0.5, 0.6) is 0 Å². The lowest BCUT2D eigenvalue weighted by atomic mass is 9.67. The summed E-state index contributed by atoms with van der Waals surface area (Å²) in [7, 11) is 0. The number of esters is 2. The molecule has 1 saturated carbocycles. The minimum absolute atomic E-state index is 0.443. The van der Waals surface area contributed by atoms with Gasteiger partial charge in [-0.1, -0.05) is 30.2 Å². The topological polar surface area (TPSA) is 98.9 Å². The number of carbonyl (C=O) groups excluding carboxylic acids is 2. The summed E-state index contributed by atoms with van der Waals surface area (Å²) >= 11 is 5.99. The molecule has 174 valence electrons. The lowest BCUT2D eigenvalue weighted by Gasteiger charge is -2.41. The van der Waals surface area contributed by atoms with Crippen molar-refractivity contribution in [3.05, 3.63) is 34.9 Å². The van der Waals surface area contributed by atoms with Crippen LogP contribution in [0.2, 0.25) is 5.02 Å². The number of halogens is 1. The van der Waals surface area contributed by atoms with Crippen LogP contribution >= 0.6 is 11.6 Å². The summed E-state index contributed by atoms with van der Waals surface area (Å²) in [5, 5.41) is 11.8. The first-order valence-corrected chi connectivity index (χ1v) is 11.2. The van der Waals surface area contributed by atoms with Crippen LogP contribution < -0.4 is 5.73 Å². The van der Waals surface area contributed by atoms with Gasteiger partial charge in [0.1, 0.15) is 11.2 Å². The van der Waals surface area contributed by atoms with Gasteiger partial charge in [-0.05, 0) is 78.0 Å². The SMILES string of the molecule is CC(C)(C)OC(=O)[C@@H]1[C@@H]([C@H](C(=O)OC(C)(C)C)[C@H](O)c2ccc(Cl)cc2)CCC[C@H]1N. The molecule has 0 bridgehead atoms. The zero-order valence-corrected chi connectivity index (χ0v) is 20.1. The molecule has 1 aliphatic carbocycles. The fourth-order valence-electron chi connectivity index (χ4n) is 4.16. The van der Waals surface area contributed by atoms with E-state index in [0.717, 1.165) is 6.42 Å². The van der Waals surface area contributed by atoms with Gasteiger partial charge in [0.25, 0.3) is 0 Å². The largest absolute Gasteiger partial charge is 0.460 e. The fourth-order valence-corrected chi connectivity index (χ4v) is 4.29. The highest BCUT2D eigenvalue weighted by molar-refractivity contribution is 6.30. The fraction of sp³-hybridized carbons (Fsp3) is 0.667. The van der Waals surface area contributed by atoms with Gasteiger partial charge >= 0.3 is 11.9 Å². The van der Waals surface area contributed by atoms with E-state index in [1.54, 1.807) is 65.8 Å². The van der Waals surface area contributed by atoms with Crippen LogP contribution in [0, 0.1) is 17.8 Å². The second-order valence-corrected chi connectivity index (χ2v) is 10.8. The molecule has 0 unspecified atom stereocenters. The molecule has 0 radical (unpaired) electrons. The van der Waals surface area contributed by atoms with Gasteiger partial charge in [-0.2, -0.15) is 0 Å². The number of benzene rings is 1. The maximum Gasteiger partial charge on any atom is 0.312 e. The van der Waals surface area contributed by atoms with Crippen LogP contribution in [0.3, 0.4) is 0 Å². The third-order valence-electron chi connectivity index (χ3n) is 5.37.